The summed E-state index contributed by atoms with van der Waals surface area (Å²) in [5.41, 5.74) is -1.46. The van der Waals surface area contributed by atoms with Gasteiger partial charge in [0.1, 0.15) is 0 Å². The predicted molar refractivity (Wildman–Crippen MR) is 102 cm³/mol. The molecule has 2 aliphatic rings. The number of rotatable bonds is 9. The zero-order valence-electron chi connectivity index (χ0n) is 17.0. The van der Waals surface area contributed by atoms with E-state index < -0.39 is 23.1 Å². The fourth-order valence-electron chi connectivity index (χ4n) is 3.48. The summed E-state index contributed by atoms with van der Waals surface area (Å²) in [5, 5.41) is 11.9. The zero-order chi connectivity index (χ0) is 20.1. The highest BCUT2D eigenvalue weighted by Crippen LogP contribution is 2.52. The molecule has 0 aromatic rings. The van der Waals surface area contributed by atoms with Crippen LogP contribution >= 0.6 is 0 Å². The second-order valence-corrected chi connectivity index (χ2v) is 8.94. The number of fused-ring (bicyclic) bond motifs is 1. The number of carbonyl (C=O) groups excluding carboxylic acids is 1. The summed E-state index contributed by atoms with van der Waals surface area (Å²) in [5.74, 6) is 7.29. The van der Waals surface area contributed by atoms with E-state index in [2.05, 4.69) is 17.2 Å². The molecular formula is C21H33NO5. The molecule has 0 radical (unpaired) electrons. The molecule has 2 atom stereocenters. The molecule has 27 heavy (non-hydrogen) atoms. The Labute approximate surface area is 162 Å². The lowest BCUT2D eigenvalue weighted by Gasteiger charge is -2.29. The first-order valence-corrected chi connectivity index (χ1v) is 9.86. The highest BCUT2D eigenvalue weighted by atomic mass is 16.5. The number of carboxylic acids is 1. The number of carbonyl (C=O) groups is 2. The lowest BCUT2D eigenvalue weighted by molar-refractivity contribution is -0.154. The maximum atomic E-state index is 11.9. The maximum Gasteiger partial charge on any atom is 0.407 e. The Morgan fingerprint density at radius 2 is 1.70 bits per heavy atom. The molecule has 2 unspecified atom stereocenters. The average molecular weight is 379 g/mol. The van der Waals surface area contributed by atoms with E-state index in [-0.39, 0.29) is 6.61 Å². The lowest BCUT2D eigenvalue weighted by Crippen LogP contribution is -2.38. The Hall–Kier alpha value is -1.74. The maximum absolute atomic E-state index is 11.9. The van der Waals surface area contributed by atoms with Gasteiger partial charge in [-0.1, -0.05) is 0 Å². The highest BCUT2D eigenvalue weighted by molar-refractivity contribution is 5.73. The SMILES string of the molecule is CC(C)(CCNC(=O)OCC1C2CCC#CCCC21)OCC(C)(C)C(=O)O. The predicted octanol–water partition coefficient (Wildman–Crippen LogP) is 3.45. The Balaban J connectivity index is 1.61. The first-order chi connectivity index (χ1) is 12.6. The minimum Gasteiger partial charge on any atom is -0.481 e. The van der Waals surface area contributed by atoms with Crippen LogP contribution in [0.4, 0.5) is 4.79 Å². The number of hydrogen-bond donors (Lipinski definition) is 2. The summed E-state index contributed by atoms with van der Waals surface area (Å²) >= 11 is 0. The molecule has 0 aliphatic heterocycles. The second-order valence-electron chi connectivity index (χ2n) is 8.94. The van der Waals surface area contributed by atoms with Gasteiger partial charge in [0.15, 0.2) is 0 Å². The number of amides is 1. The van der Waals surface area contributed by atoms with Crippen molar-refractivity contribution in [2.45, 2.75) is 65.4 Å². The van der Waals surface area contributed by atoms with Gasteiger partial charge in [-0.15, -0.1) is 11.8 Å². The molecule has 2 aliphatic carbocycles. The van der Waals surface area contributed by atoms with Gasteiger partial charge in [0, 0.05) is 19.4 Å². The van der Waals surface area contributed by atoms with Crippen LogP contribution in [0.3, 0.4) is 0 Å². The summed E-state index contributed by atoms with van der Waals surface area (Å²) in [6.07, 6.45) is 4.32. The van der Waals surface area contributed by atoms with Gasteiger partial charge in [-0.05, 0) is 64.7 Å². The highest BCUT2D eigenvalue weighted by Gasteiger charge is 2.49. The fraction of sp³-hybridized carbons (Fsp3) is 0.810. The second kappa shape index (κ2) is 8.97. The molecule has 6 heteroatoms. The van der Waals surface area contributed by atoms with Crippen LogP contribution in [0.2, 0.25) is 0 Å². The molecule has 6 nitrogen and oxygen atoms in total. The van der Waals surface area contributed by atoms with Crippen LogP contribution in [-0.4, -0.2) is 42.5 Å². The first-order valence-electron chi connectivity index (χ1n) is 9.86. The third-order valence-corrected chi connectivity index (χ3v) is 5.65. The summed E-state index contributed by atoms with van der Waals surface area (Å²) in [6.45, 7) is 8.06. The van der Waals surface area contributed by atoms with E-state index in [1.54, 1.807) is 13.8 Å². The molecular weight excluding hydrogens is 346 g/mol. The van der Waals surface area contributed by atoms with Crippen molar-refractivity contribution in [1.29, 1.82) is 0 Å². The van der Waals surface area contributed by atoms with Gasteiger partial charge in [-0.3, -0.25) is 4.79 Å². The molecule has 1 amide bonds. The zero-order valence-corrected chi connectivity index (χ0v) is 17.0. The van der Waals surface area contributed by atoms with Crippen LogP contribution in [0.1, 0.15) is 59.8 Å². The number of hydrogen-bond acceptors (Lipinski definition) is 4. The van der Waals surface area contributed by atoms with E-state index in [1.165, 1.54) is 0 Å². The summed E-state index contributed by atoms with van der Waals surface area (Å²) in [6, 6.07) is 0. The van der Waals surface area contributed by atoms with Crippen molar-refractivity contribution in [3.05, 3.63) is 0 Å². The van der Waals surface area contributed by atoms with Crippen molar-refractivity contribution in [2.24, 2.45) is 23.2 Å². The minimum atomic E-state index is -0.937. The van der Waals surface area contributed by atoms with Crippen molar-refractivity contribution < 1.29 is 24.2 Å². The van der Waals surface area contributed by atoms with Crippen LogP contribution in [0.15, 0.2) is 0 Å². The number of aliphatic carboxylic acids is 1. The van der Waals surface area contributed by atoms with Crippen molar-refractivity contribution in [3.8, 4) is 11.8 Å². The van der Waals surface area contributed by atoms with E-state index in [9.17, 15) is 9.59 Å². The summed E-state index contributed by atoms with van der Waals surface area (Å²) in [7, 11) is 0. The Bertz CT molecular complexity index is 583. The largest absolute Gasteiger partial charge is 0.481 e. The lowest BCUT2D eigenvalue weighted by atomic mass is 9.94. The van der Waals surface area contributed by atoms with E-state index in [1.807, 2.05) is 13.8 Å². The van der Waals surface area contributed by atoms with Crippen molar-refractivity contribution in [1.82, 2.24) is 5.32 Å². The van der Waals surface area contributed by atoms with Gasteiger partial charge in [0.05, 0.1) is 24.2 Å². The number of alkyl carbamates (subject to hydrolysis) is 1. The molecule has 0 spiro atoms. The van der Waals surface area contributed by atoms with Crippen molar-refractivity contribution >= 4 is 12.1 Å². The molecule has 2 rings (SSSR count). The standard InChI is InChI=1S/C21H33NO5/c1-20(2,18(23)24)14-27-21(3,4)11-12-22-19(25)26-13-17-15-9-7-5-6-8-10-16(15)17/h15-17H,7-14H2,1-4H3,(H,22,25)(H,23,24). The smallest absolute Gasteiger partial charge is 0.407 e. The van der Waals surface area contributed by atoms with Crippen molar-refractivity contribution in [3.63, 3.8) is 0 Å². The summed E-state index contributed by atoms with van der Waals surface area (Å²) < 4.78 is 11.1. The van der Waals surface area contributed by atoms with Crippen LogP contribution in [0.25, 0.3) is 0 Å². The molecule has 0 aromatic heterocycles. The normalized spacial score (nSPS) is 24.5. The molecule has 1 saturated carbocycles. The minimum absolute atomic E-state index is 0.119. The van der Waals surface area contributed by atoms with Gasteiger partial charge >= 0.3 is 12.1 Å². The van der Waals surface area contributed by atoms with Crippen LogP contribution in [0.5, 0.6) is 0 Å². The number of nitrogens with one attached hydrogen (secondary N) is 1. The number of ether oxygens (including phenoxy) is 2. The molecule has 152 valence electrons. The van der Waals surface area contributed by atoms with Crippen LogP contribution in [-0.2, 0) is 14.3 Å². The van der Waals surface area contributed by atoms with Gasteiger partial charge in [0.2, 0.25) is 0 Å². The molecule has 0 aromatic carbocycles. The van der Waals surface area contributed by atoms with E-state index in [0.29, 0.717) is 37.3 Å². The third kappa shape index (κ3) is 6.73. The average Bonchev–Trinajstić information content (AvgIpc) is 3.20. The van der Waals surface area contributed by atoms with E-state index in [0.717, 1.165) is 25.7 Å². The van der Waals surface area contributed by atoms with Crippen LogP contribution in [0, 0.1) is 35.0 Å². The topological polar surface area (TPSA) is 84.9 Å². The van der Waals surface area contributed by atoms with E-state index in [4.69, 9.17) is 14.6 Å². The van der Waals surface area contributed by atoms with Crippen LogP contribution < -0.4 is 5.32 Å². The molecule has 0 bridgehead atoms. The van der Waals surface area contributed by atoms with E-state index >= 15 is 0 Å². The molecule has 0 saturated heterocycles. The molecule has 1 fully saturated rings. The Morgan fingerprint density at radius 1 is 1.11 bits per heavy atom. The van der Waals surface area contributed by atoms with Gasteiger partial charge in [-0.25, -0.2) is 4.79 Å². The van der Waals surface area contributed by atoms with Gasteiger partial charge in [0.25, 0.3) is 0 Å². The Morgan fingerprint density at radius 3 is 2.26 bits per heavy atom. The Kier molecular flexibility index (Phi) is 7.16. The first kappa shape index (κ1) is 21.6. The molecule has 2 N–H and O–H groups in total. The quantitative estimate of drug-likeness (QED) is 0.600. The van der Waals surface area contributed by atoms with Gasteiger partial charge < -0.3 is 19.9 Å². The van der Waals surface area contributed by atoms with Crippen molar-refractivity contribution in [2.75, 3.05) is 19.8 Å². The molecule has 0 heterocycles. The third-order valence-electron chi connectivity index (χ3n) is 5.65. The number of carboxylic acid groups (broad SMARTS) is 1. The monoisotopic (exact) mass is 379 g/mol. The van der Waals surface area contributed by atoms with Gasteiger partial charge in [-0.2, -0.15) is 0 Å². The fourth-order valence-corrected chi connectivity index (χ4v) is 3.48. The summed E-state index contributed by atoms with van der Waals surface area (Å²) in [4.78, 5) is 23.1.